The van der Waals surface area contributed by atoms with E-state index in [9.17, 15) is 13.8 Å². The Kier molecular flexibility index (Phi) is 7.04. The normalized spacial score (nSPS) is 20.3. The van der Waals surface area contributed by atoms with Gasteiger partial charge in [-0.1, -0.05) is 24.3 Å². The third-order valence-electron chi connectivity index (χ3n) is 7.57. The van der Waals surface area contributed by atoms with Crippen molar-refractivity contribution in [1.82, 2.24) is 29.2 Å². The fraction of sp³-hybridized carbons (Fsp3) is 0.345. The lowest BCUT2D eigenvalue weighted by molar-refractivity contribution is -0.136. The summed E-state index contributed by atoms with van der Waals surface area (Å²) in [5.41, 5.74) is 1.97. The van der Waals surface area contributed by atoms with E-state index in [4.69, 9.17) is 0 Å². The van der Waals surface area contributed by atoms with Crippen molar-refractivity contribution < 1.29 is 9.00 Å². The van der Waals surface area contributed by atoms with Gasteiger partial charge in [-0.3, -0.25) is 14.5 Å². The summed E-state index contributed by atoms with van der Waals surface area (Å²) in [5.74, 6) is 1.62. The molecule has 1 N–H and O–H groups in total. The molecule has 3 aromatic heterocycles. The summed E-state index contributed by atoms with van der Waals surface area (Å²) < 4.78 is 19.5. The van der Waals surface area contributed by atoms with Crippen molar-refractivity contribution >= 4 is 44.0 Å². The van der Waals surface area contributed by atoms with Crippen molar-refractivity contribution in [3.63, 3.8) is 0 Å². The molecule has 1 atom stereocenters. The van der Waals surface area contributed by atoms with Crippen LogP contribution < -0.4 is 10.9 Å². The number of carbonyl (C=O) groups is 1. The number of carbonyl (C=O) groups excluding carboxylic acids is 1. The molecule has 0 amide bonds. The van der Waals surface area contributed by atoms with E-state index < -0.39 is 9.73 Å². The maximum absolute atomic E-state index is 13.2. The smallest absolute Gasteiger partial charge is 0.278 e. The number of pyridine rings is 1. The van der Waals surface area contributed by atoms with E-state index in [1.807, 2.05) is 24.3 Å². The largest absolute Gasteiger partial charge is 0.324 e. The van der Waals surface area contributed by atoms with Gasteiger partial charge < -0.3 is 5.32 Å². The topological polar surface area (TPSA) is 127 Å². The molecule has 0 radical (unpaired) electrons. The Morgan fingerprint density at radius 3 is 2.54 bits per heavy atom. The third kappa shape index (κ3) is 5.44. The highest BCUT2D eigenvalue weighted by Crippen LogP contribution is 2.31. The first-order valence-electron chi connectivity index (χ1n) is 13.6. The summed E-state index contributed by atoms with van der Waals surface area (Å²) in [6, 6.07) is 13.0. The molecule has 1 aromatic carbocycles. The van der Waals surface area contributed by atoms with Gasteiger partial charge in [0.05, 0.1) is 12.6 Å². The number of ketones is 1. The second-order valence-corrected chi connectivity index (χ2v) is 13.3. The average Bonchev–Trinajstić information content (AvgIpc) is 3.22. The fourth-order valence-corrected chi connectivity index (χ4v) is 6.22. The van der Waals surface area contributed by atoms with E-state index in [-0.39, 0.29) is 24.1 Å². The summed E-state index contributed by atoms with van der Waals surface area (Å²) in [5, 5.41) is 3.55. The lowest BCUT2D eigenvalue weighted by Crippen LogP contribution is -2.56. The summed E-state index contributed by atoms with van der Waals surface area (Å²) in [4.78, 5) is 41.9. The number of hydrogen-bond donors (Lipinski definition) is 1. The Hall–Kier alpha value is -4.16. The zero-order chi connectivity index (χ0) is 28.7. The number of nitrogens with zero attached hydrogens (tertiary/aromatic N) is 7. The molecular formula is C29H32N8O3S. The highest BCUT2D eigenvalue weighted by molar-refractivity contribution is 7.92. The van der Waals surface area contributed by atoms with Crippen LogP contribution in [0.1, 0.15) is 18.4 Å². The number of rotatable bonds is 8. The Balaban J connectivity index is 1.30. The van der Waals surface area contributed by atoms with E-state index in [0.29, 0.717) is 40.8 Å². The predicted octanol–water partition coefficient (Wildman–Crippen LogP) is 3.47. The molecule has 12 heteroatoms. The molecule has 3 aliphatic heterocycles. The molecule has 41 heavy (non-hydrogen) atoms. The molecule has 0 aliphatic carbocycles. The van der Waals surface area contributed by atoms with Gasteiger partial charge in [-0.15, -0.1) is 6.58 Å². The van der Waals surface area contributed by atoms with Crippen LogP contribution in [0.5, 0.6) is 0 Å². The zero-order valence-electron chi connectivity index (χ0n) is 23.1. The molecule has 2 bridgehead atoms. The summed E-state index contributed by atoms with van der Waals surface area (Å²) in [6.45, 7) is 6.02. The maximum Gasteiger partial charge on any atom is 0.278 e. The number of fused-ring (bicyclic) bond motifs is 4. The van der Waals surface area contributed by atoms with E-state index in [1.54, 1.807) is 29.0 Å². The molecule has 0 saturated carbocycles. The van der Waals surface area contributed by atoms with Crippen LogP contribution in [0.15, 0.2) is 70.5 Å². The molecule has 3 saturated heterocycles. The third-order valence-corrected chi connectivity index (χ3v) is 8.19. The zero-order valence-corrected chi connectivity index (χ0v) is 23.9. The molecule has 212 valence electrons. The number of hydrogen-bond acceptors (Lipinski definition) is 9. The van der Waals surface area contributed by atoms with Crippen LogP contribution in [0.25, 0.3) is 16.9 Å². The number of piperidine rings is 3. The van der Waals surface area contributed by atoms with Gasteiger partial charge in [-0.25, -0.2) is 23.5 Å². The Bertz CT molecular complexity index is 1820. The van der Waals surface area contributed by atoms with Gasteiger partial charge in [0.2, 0.25) is 5.95 Å². The van der Waals surface area contributed by atoms with Gasteiger partial charge in [-0.2, -0.15) is 9.35 Å². The SMILES string of the molecule is C=CCn1c(=O)c2cnc(Nc3ccc(CC4C(=O)C5CCN4CC5)cc3)nc2n1-c1cccc(N=S(C)(C)=O)n1. The van der Waals surface area contributed by atoms with Crippen LogP contribution in [0.4, 0.5) is 17.5 Å². The lowest BCUT2D eigenvalue weighted by atomic mass is 9.80. The van der Waals surface area contributed by atoms with Gasteiger partial charge in [-0.05, 0) is 62.2 Å². The second kappa shape index (κ2) is 10.7. The first-order valence-corrected chi connectivity index (χ1v) is 15.9. The number of nitrogens with one attached hydrogen (secondary N) is 1. The first-order chi connectivity index (χ1) is 19.7. The average molecular weight is 573 g/mol. The molecular weight excluding hydrogens is 540 g/mol. The van der Waals surface area contributed by atoms with Crippen LogP contribution >= 0.6 is 0 Å². The molecule has 11 nitrogen and oxygen atoms in total. The van der Waals surface area contributed by atoms with E-state index >= 15 is 0 Å². The fourth-order valence-electron chi connectivity index (χ4n) is 5.67. The summed E-state index contributed by atoms with van der Waals surface area (Å²) in [7, 11) is -2.43. The number of anilines is 2. The van der Waals surface area contributed by atoms with Crippen LogP contribution in [-0.4, -0.2) is 70.9 Å². The minimum Gasteiger partial charge on any atom is -0.324 e. The van der Waals surface area contributed by atoms with Gasteiger partial charge in [0.25, 0.3) is 5.56 Å². The first kappa shape index (κ1) is 27.0. The van der Waals surface area contributed by atoms with Gasteiger partial charge >= 0.3 is 0 Å². The van der Waals surface area contributed by atoms with Crippen molar-refractivity contribution in [3.05, 3.63) is 77.2 Å². The van der Waals surface area contributed by atoms with Gasteiger partial charge in [0.15, 0.2) is 23.1 Å². The van der Waals surface area contributed by atoms with Gasteiger partial charge in [0, 0.05) is 40.0 Å². The van der Waals surface area contributed by atoms with E-state index in [1.165, 1.54) is 23.4 Å². The van der Waals surface area contributed by atoms with Gasteiger partial charge in [0.1, 0.15) is 5.39 Å². The van der Waals surface area contributed by atoms with Crippen LogP contribution in [-0.2, 0) is 27.5 Å². The molecule has 0 spiro atoms. The molecule has 4 aromatic rings. The summed E-state index contributed by atoms with van der Waals surface area (Å²) in [6.07, 6.45) is 8.88. The molecule has 3 fully saturated rings. The van der Waals surface area contributed by atoms with Crippen molar-refractivity contribution in [2.24, 2.45) is 10.3 Å². The van der Waals surface area contributed by atoms with Crippen molar-refractivity contribution in [2.75, 3.05) is 30.9 Å². The number of benzene rings is 1. The second-order valence-electron chi connectivity index (χ2n) is 10.8. The van der Waals surface area contributed by atoms with Crippen molar-refractivity contribution in [2.45, 2.75) is 31.8 Å². The highest BCUT2D eigenvalue weighted by Gasteiger charge is 2.40. The molecule has 6 heterocycles. The number of aromatic nitrogens is 5. The number of allylic oxidation sites excluding steroid dienone is 1. The van der Waals surface area contributed by atoms with Crippen molar-refractivity contribution in [1.29, 1.82) is 0 Å². The maximum atomic E-state index is 13.2. The monoisotopic (exact) mass is 572 g/mol. The Labute approximate surface area is 238 Å². The van der Waals surface area contributed by atoms with E-state index in [0.717, 1.165) is 37.2 Å². The molecule has 3 aliphatic rings. The van der Waals surface area contributed by atoms with Crippen LogP contribution in [0.2, 0.25) is 0 Å². The van der Waals surface area contributed by atoms with E-state index in [2.05, 4.69) is 36.1 Å². The quantitative estimate of drug-likeness (QED) is 0.318. The Morgan fingerprint density at radius 2 is 1.85 bits per heavy atom. The van der Waals surface area contributed by atoms with Crippen LogP contribution in [0, 0.1) is 5.92 Å². The summed E-state index contributed by atoms with van der Waals surface area (Å²) >= 11 is 0. The molecule has 7 rings (SSSR count). The minimum atomic E-state index is -2.43. The highest BCUT2D eigenvalue weighted by atomic mass is 32.2. The number of Topliss-reactive ketones (excluding diaryl/α,β-unsaturated/α-hetero) is 1. The lowest BCUT2D eigenvalue weighted by Gasteiger charge is -2.44. The predicted molar refractivity (Wildman–Crippen MR) is 160 cm³/mol. The molecule has 1 unspecified atom stereocenters. The standard InChI is InChI=1S/C29H32N8O3S/c1-4-14-36-28(39)22-18-30-29(33-27(22)37(36)25-7-5-6-24(32-25)34-41(2,3)40)31-21-10-8-19(9-11-21)17-23-26(38)20-12-15-35(23)16-13-20/h4-11,18,20,23H,1,12-17H2,2-3H3,(H,30,31,33). The minimum absolute atomic E-state index is 0.0237. The Morgan fingerprint density at radius 1 is 1.10 bits per heavy atom. The van der Waals surface area contributed by atoms with Crippen molar-refractivity contribution in [3.8, 4) is 5.82 Å². The van der Waals surface area contributed by atoms with Crippen LogP contribution in [0.3, 0.4) is 0 Å².